The van der Waals surface area contributed by atoms with Crippen LogP contribution in [0.25, 0.3) is 0 Å². The number of nitrogens with one attached hydrogen (secondary N) is 1. The number of piperidine rings is 1. The Morgan fingerprint density at radius 1 is 1.05 bits per heavy atom. The molecule has 1 saturated heterocycles. The molecule has 0 amide bonds. The zero-order chi connectivity index (χ0) is 15.7. The van der Waals surface area contributed by atoms with Crippen LogP contribution in [0.5, 0.6) is 0 Å². The fourth-order valence-corrected chi connectivity index (χ4v) is 5.11. The molecule has 0 radical (unpaired) electrons. The monoisotopic (exact) mass is 331 g/mol. The van der Waals surface area contributed by atoms with Gasteiger partial charge in [0.1, 0.15) is 0 Å². The first-order valence-corrected chi connectivity index (χ1v) is 10.7. The maximum atomic E-state index is 11.9. The molecular formula is C14H21NO4S2. The molecule has 0 saturated carbocycles. The Hall–Kier alpha value is -0.920. The van der Waals surface area contributed by atoms with E-state index >= 15 is 0 Å². The average molecular weight is 331 g/mol. The standard InChI is InChI=1S/C14H21NO4S2/c1-20(16,17)13-7-6-11(10-14(13)21(2,18)19)9-12-5-3-4-8-15-12/h6-7,10,12,15H,3-5,8-9H2,1-2H3. The van der Waals surface area contributed by atoms with Gasteiger partial charge in [-0.2, -0.15) is 0 Å². The van der Waals surface area contributed by atoms with Gasteiger partial charge in [0.05, 0.1) is 9.79 Å². The topological polar surface area (TPSA) is 80.3 Å². The van der Waals surface area contributed by atoms with E-state index in [0.717, 1.165) is 43.9 Å². The smallest absolute Gasteiger partial charge is 0.176 e. The molecule has 7 heteroatoms. The van der Waals surface area contributed by atoms with E-state index in [4.69, 9.17) is 0 Å². The summed E-state index contributed by atoms with van der Waals surface area (Å²) in [4.78, 5) is -0.219. The van der Waals surface area contributed by atoms with Crippen molar-refractivity contribution in [2.75, 3.05) is 19.1 Å². The zero-order valence-corrected chi connectivity index (χ0v) is 13.9. The molecule has 21 heavy (non-hydrogen) atoms. The molecule has 0 spiro atoms. The van der Waals surface area contributed by atoms with Crippen LogP contribution in [0.4, 0.5) is 0 Å². The van der Waals surface area contributed by atoms with Gasteiger partial charge in [0.25, 0.3) is 0 Å². The van der Waals surface area contributed by atoms with Crippen LogP contribution in [0.2, 0.25) is 0 Å². The third-order valence-electron chi connectivity index (χ3n) is 3.70. The van der Waals surface area contributed by atoms with Crippen molar-refractivity contribution in [3.05, 3.63) is 23.8 Å². The van der Waals surface area contributed by atoms with Gasteiger partial charge in [-0.15, -0.1) is 0 Å². The van der Waals surface area contributed by atoms with Crippen LogP contribution in [-0.2, 0) is 26.1 Å². The normalized spacial score (nSPS) is 20.4. The first-order chi connectivity index (χ1) is 9.68. The largest absolute Gasteiger partial charge is 0.314 e. The molecule has 1 heterocycles. The molecule has 1 unspecified atom stereocenters. The quantitative estimate of drug-likeness (QED) is 0.896. The fraction of sp³-hybridized carbons (Fsp3) is 0.571. The van der Waals surface area contributed by atoms with Gasteiger partial charge in [-0.3, -0.25) is 0 Å². The third-order valence-corrected chi connectivity index (χ3v) is 6.12. The van der Waals surface area contributed by atoms with E-state index in [9.17, 15) is 16.8 Å². The molecule has 2 rings (SSSR count). The predicted octanol–water partition coefficient (Wildman–Crippen LogP) is 1.18. The lowest BCUT2D eigenvalue weighted by molar-refractivity contribution is 0.399. The van der Waals surface area contributed by atoms with Crippen molar-refractivity contribution in [2.45, 2.75) is 41.5 Å². The number of hydrogen-bond donors (Lipinski definition) is 1. The maximum absolute atomic E-state index is 11.9. The SMILES string of the molecule is CS(=O)(=O)c1ccc(CC2CCCCN2)cc1S(C)(=O)=O. The van der Waals surface area contributed by atoms with Crippen LogP contribution >= 0.6 is 0 Å². The van der Waals surface area contributed by atoms with Crippen LogP contribution in [0.3, 0.4) is 0 Å². The number of rotatable bonds is 4. The Morgan fingerprint density at radius 2 is 1.71 bits per heavy atom. The summed E-state index contributed by atoms with van der Waals surface area (Å²) in [7, 11) is -7.14. The summed E-state index contributed by atoms with van der Waals surface area (Å²) in [6.45, 7) is 0.977. The molecule has 0 aliphatic carbocycles. The van der Waals surface area contributed by atoms with E-state index in [1.807, 2.05) is 0 Å². The van der Waals surface area contributed by atoms with Crippen molar-refractivity contribution in [2.24, 2.45) is 0 Å². The highest BCUT2D eigenvalue weighted by Crippen LogP contribution is 2.24. The Balaban J connectivity index is 2.38. The van der Waals surface area contributed by atoms with E-state index in [1.54, 1.807) is 6.07 Å². The van der Waals surface area contributed by atoms with Crippen molar-refractivity contribution in [1.82, 2.24) is 5.32 Å². The van der Waals surface area contributed by atoms with Gasteiger partial charge in [0.2, 0.25) is 0 Å². The molecule has 1 aliphatic heterocycles. The van der Waals surface area contributed by atoms with Gasteiger partial charge in [0, 0.05) is 18.6 Å². The highest BCUT2D eigenvalue weighted by Gasteiger charge is 2.22. The predicted molar refractivity (Wildman–Crippen MR) is 82.0 cm³/mol. The molecular weight excluding hydrogens is 310 g/mol. The summed E-state index contributed by atoms with van der Waals surface area (Å²) in [5.41, 5.74) is 0.849. The Morgan fingerprint density at radius 3 is 2.24 bits per heavy atom. The highest BCUT2D eigenvalue weighted by molar-refractivity contribution is 7.93. The van der Waals surface area contributed by atoms with Gasteiger partial charge in [0.15, 0.2) is 19.7 Å². The minimum atomic E-state index is -3.58. The van der Waals surface area contributed by atoms with Crippen LogP contribution in [-0.4, -0.2) is 41.9 Å². The number of hydrogen-bond acceptors (Lipinski definition) is 5. The molecule has 1 aliphatic rings. The van der Waals surface area contributed by atoms with Gasteiger partial charge in [-0.1, -0.05) is 12.5 Å². The average Bonchev–Trinajstić information content (AvgIpc) is 2.37. The molecule has 1 aromatic carbocycles. The van der Waals surface area contributed by atoms with Crippen LogP contribution in [0.15, 0.2) is 28.0 Å². The fourth-order valence-electron chi connectivity index (χ4n) is 2.66. The molecule has 0 bridgehead atoms. The lowest BCUT2D eigenvalue weighted by Crippen LogP contribution is -2.35. The zero-order valence-electron chi connectivity index (χ0n) is 12.3. The van der Waals surface area contributed by atoms with Crippen molar-refractivity contribution in [1.29, 1.82) is 0 Å². The second kappa shape index (κ2) is 6.06. The Bertz CT molecular complexity index is 717. The summed E-state index contributed by atoms with van der Waals surface area (Å²) < 4.78 is 47.2. The lowest BCUT2D eigenvalue weighted by Gasteiger charge is -2.23. The summed E-state index contributed by atoms with van der Waals surface area (Å²) in [5.74, 6) is 0. The molecule has 1 aromatic rings. The van der Waals surface area contributed by atoms with E-state index < -0.39 is 19.7 Å². The molecule has 1 fully saturated rings. The lowest BCUT2D eigenvalue weighted by atomic mass is 9.98. The second-order valence-corrected chi connectivity index (χ2v) is 9.64. The Labute approximate surface area is 126 Å². The number of benzene rings is 1. The van der Waals surface area contributed by atoms with Gasteiger partial charge < -0.3 is 5.32 Å². The summed E-state index contributed by atoms with van der Waals surface area (Å²) in [6, 6.07) is 4.95. The molecule has 5 nitrogen and oxygen atoms in total. The van der Waals surface area contributed by atoms with Crippen LogP contribution in [0.1, 0.15) is 24.8 Å². The molecule has 0 aromatic heterocycles. The summed E-state index contributed by atoms with van der Waals surface area (Å²) in [6.07, 6.45) is 6.17. The third kappa shape index (κ3) is 4.28. The summed E-state index contributed by atoms with van der Waals surface area (Å²) >= 11 is 0. The van der Waals surface area contributed by atoms with Crippen molar-refractivity contribution in [3.63, 3.8) is 0 Å². The minimum Gasteiger partial charge on any atom is -0.314 e. The molecule has 1 atom stereocenters. The van der Waals surface area contributed by atoms with E-state index in [1.165, 1.54) is 12.1 Å². The maximum Gasteiger partial charge on any atom is 0.176 e. The van der Waals surface area contributed by atoms with Crippen molar-refractivity contribution < 1.29 is 16.8 Å². The second-order valence-electron chi connectivity index (χ2n) is 5.68. The van der Waals surface area contributed by atoms with Crippen LogP contribution in [0, 0.1) is 0 Å². The van der Waals surface area contributed by atoms with E-state index in [2.05, 4.69) is 5.32 Å². The van der Waals surface area contributed by atoms with E-state index in [0.29, 0.717) is 12.5 Å². The minimum absolute atomic E-state index is 0.0988. The number of sulfone groups is 2. The van der Waals surface area contributed by atoms with Gasteiger partial charge in [-0.25, -0.2) is 16.8 Å². The van der Waals surface area contributed by atoms with Crippen molar-refractivity contribution >= 4 is 19.7 Å². The Kier molecular flexibility index (Phi) is 4.75. The first-order valence-electron chi connectivity index (χ1n) is 6.94. The molecule has 118 valence electrons. The van der Waals surface area contributed by atoms with Crippen molar-refractivity contribution in [3.8, 4) is 0 Å². The highest BCUT2D eigenvalue weighted by atomic mass is 32.2. The molecule has 1 N–H and O–H groups in total. The summed E-state index contributed by atoms with van der Waals surface area (Å²) in [5, 5.41) is 3.40. The van der Waals surface area contributed by atoms with Gasteiger partial charge in [-0.05, 0) is 43.5 Å². The van der Waals surface area contributed by atoms with Crippen LogP contribution < -0.4 is 5.32 Å². The first kappa shape index (κ1) is 16.5. The van der Waals surface area contributed by atoms with Gasteiger partial charge >= 0.3 is 0 Å². The van der Waals surface area contributed by atoms with E-state index in [-0.39, 0.29) is 9.79 Å².